The Kier molecular flexibility index (Phi) is 7.64. The standard InChI is InChI=1S/C30H32ClN3/c1-5-8-12-22(6-2)26-20-24(34-30-16-10-9-15-29(30)32-33-34)17-18-25(26)21(4)19-27-23(7-3)13-11-14-28(27)31/h7,9-11,13-20,22H,3,5-6,8,12H2,1-2,4H3/b21-19+. The van der Waals surface area contributed by atoms with E-state index in [4.69, 9.17) is 11.6 Å². The van der Waals surface area contributed by atoms with Gasteiger partial charge in [0, 0.05) is 10.6 Å². The number of nitrogens with zero attached hydrogens (tertiary/aromatic N) is 3. The van der Waals surface area contributed by atoms with Crippen molar-refractivity contribution in [3.05, 3.63) is 94.5 Å². The number of halogens is 1. The first kappa shape index (κ1) is 24.0. The van der Waals surface area contributed by atoms with Crippen LogP contribution in [-0.4, -0.2) is 15.0 Å². The van der Waals surface area contributed by atoms with Crippen LogP contribution in [0.25, 0.3) is 34.4 Å². The van der Waals surface area contributed by atoms with Gasteiger partial charge in [-0.2, -0.15) is 0 Å². The van der Waals surface area contributed by atoms with E-state index in [0.717, 1.165) is 39.3 Å². The van der Waals surface area contributed by atoms with E-state index in [0.29, 0.717) is 5.92 Å². The molecule has 1 unspecified atom stereocenters. The molecule has 1 aromatic heterocycles. The lowest BCUT2D eigenvalue weighted by Gasteiger charge is -2.21. The third kappa shape index (κ3) is 4.85. The van der Waals surface area contributed by atoms with Crippen LogP contribution in [0, 0.1) is 0 Å². The fourth-order valence-electron chi connectivity index (χ4n) is 4.65. The Morgan fingerprint density at radius 1 is 1.09 bits per heavy atom. The Morgan fingerprint density at radius 3 is 2.68 bits per heavy atom. The van der Waals surface area contributed by atoms with Crippen molar-refractivity contribution in [2.24, 2.45) is 0 Å². The number of hydrogen-bond donors (Lipinski definition) is 0. The average molecular weight is 470 g/mol. The Morgan fingerprint density at radius 2 is 1.91 bits per heavy atom. The van der Waals surface area contributed by atoms with Gasteiger partial charge in [-0.1, -0.05) is 86.5 Å². The van der Waals surface area contributed by atoms with Gasteiger partial charge in [0.15, 0.2) is 0 Å². The van der Waals surface area contributed by atoms with Gasteiger partial charge in [-0.25, -0.2) is 4.68 Å². The van der Waals surface area contributed by atoms with Crippen LogP contribution in [-0.2, 0) is 0 Å². The van der Waals surface area contributed by atoms with Gasteiger partial charge in [-0.15, -0.1) is 5.10 Å². The van der Waals surface area contributed by atoms with E-state index in [1.165, 1.54) is 36.0 Å². The molecule has 174 valence electrons. The van der Waals surface area contributed by atoms with Crippen molar-refractivity contribution in [3.63, 3.8) is 0 Å². The van der Waals surface area contributed by atoms with Gasteiger partial charge in [-0.3, -0.25) is 0 Å². The quantitative estimate of drug-likeness (QED) is 0.229. The minimum absolute atomic E-state index is 0.471. The summed E-state index contributed by atoms with van der Waals surface area (Å²) < 4.78 is 1.94. The molecule has 0 fully saturated rings. The molecular formula is C30H32ClN3. The second-order valence-electron chi connectivity index (χ2n) is 8.78. The topological polar surface area (TPSA) is 30.7 Å². The SMILES string of the molecule is C=Cc1cccc(Cl)c1/C=C(\C)c1ccc(-n2nnc3ccccc32)cc1C(CC)CCCC. The van der Waals surface area contributed by atoms with Crippen molar-refractivity contribution < 1.29 is 0 Å². The second-order valence-corrected chi connectivity index (χ2v) is 9.19. The summed E-state index contributed by atoms with van der Waals surface area (Å²) in [6.45, 7) is 10.7. The van der Waals surface area contributed by atoms with Gasteiger partial charge in [0.2, 0.25) is 0 Å². The molecule has 0 amide bonds. The summed E-state index contributed by atoms with van der Waals surface area (Å²) in [6, 6.07) is 20.7. The maximum atomic E-state index is 6.58. The Hall–Kier alpha value is -3.17. The summed E-state index contributed by atoms with van der Waals surface area (Å²) >= 11 is 6.58. The fourth-order valence-corrected chi connectivity index (χ4v) is 4.88. The number of allylic oxidation sites excluding steroid dienone is 1. The zero-order valence-electron chi connectivity index (χ0n) is 20.3. The summed E-state index contributed by atoms with van der Waals surface area (Å²) in [5.41, 5.74) is 8.81. The van der Waals surface area contributed by atoms with Gasteiger partial charge >= 0.3 is 0 Å². The summed E-state index contributed by atoms with van der Waals surface area (Å²) in [4.78, 5) is 0. The highest BCUT2D eigenvalue weighted by atomic mass is 35.5. The van der Waals surface area contributed by atoms with Crippen molar-refractivity contribution in [2.45, 2.75) is 52.4 Å². The first-order valence-electron chi connectivity index (χ1n) is 12.1. The fraction of sp³-hybridized carbons (Fsp3) is 0.267. The van der Waals surface area contributed by atoms with E-state index >= 15 is 0 Å². The van der Waals surface area contributed by atoms with E-state index in [2.05, 4.69) is 68.0 Å². The molecule has 0 aliphatic heterocycles. The third-order valence-electron chi connectivity index (χ3n) is 6.56. The van der Waals surface area contributed by atoms with E-state index in [1.807, 2.05) is 47.2 Å². The first-order chi connectivity index (χ1) is 16.6. The van der Waals surface area contributed by atoms with E-state index in [-0.39, 0.29) is 0 Å². The number of benzene rings is 3. The summed E-state index contributed by atoms with van der Waals surface area (Å²) in [5.74, 6) is 0.471. The average Bonchev–Trinajstić information content (AvgIpc) is 3.30. The molecule has 0 saturated heterocycles. The second kappa shape index (κ2) is 10.8. The molecule has 4 aromatic rings. The zero-order chi connectivity index (χ0) is 24.1. The predicted molar refractivity (Wildman–Crippen MR) is 147 cm³/mol. The Balaban J connectivity index is 1.86. The number of aromatic nitrogens is 3. The molecular weight excluding hydrogens is 438 g/mol. The van der Waals surface area contributed by atoms with Crippen molar-refractivity contribution in [3.8, 4) is 5.69 Å². The molecule has 3 aromatic carbocycles. The molecule has 0 aliphatic carbocycles. The molecule has 1 heterocycles. The zero-order valence-corrected chi connectivity index (χ0v) is 21.0. The van der Waals surface area contributed by atoms with Crippen molar-refractivity contribution >= 4 is 40.4 Å². The lowest BCUT2D eigenvalue weighted by molar-refractivity contribution is 0.568. The van der Waals surface area contributed by atoms with Crippen LogP contribution in [0.15, 0.2) is 67.2 Å². The molecule has 4 heteroatoms. The van der Waals surface area contributed by atoms with Gasteiger partial charge in [0.25, 0.3) is 0 Å². The molecule has 34 heavy (non-hydrogen) atoms. The molecule has 4 rings (SSSR count). The smallest absolute Gasteiger partial charge is 0.113 e. The van der Waals surface area contributed by atoms with Crippen LogP contribution in [0.5, 0.6) is 0 Å². The van der Waals surface area contributed by atoms with Gasteiger partial charge < -0.3 is 0 Å². The summed E-state index contributed by atoms with van der Waals surface area (Å²) in [5, 5.41) is 9.55. The van der Waals surface area contributed by atoms with E-state index in [9.17, 15) is 0 Å². The number of hydrogen-bond acceptors (Lipinski definition) is 2. The van der Waals surface area contributed by atoms with Crippen LogP contribution in [0.4, 0.5) is 0 Å². The Bertz CT molecular complexity index is 1330. The lowest BCUT2D eigenvalue weighted by Crippen LogP contribution is -2.05. The minimum atomic E-state index is 0.471. The van der Waals surface area contributed by atoms with E-state index < -0.39 is 0 Å². The monoisotopic (exact) mass is 469 g/mol. The third-order valence-corrected chi connectivity index (χ3v) is 6.89. The highest BCUT2D eigenvalue weighted by Crippen LogP contribution is 2.35. The molecule has 0 bridgehead atoms. The van der Waals surface area contributed by atoms with Crippen LogP contribution >= 0.6 is 11.6 Å². The molecule has 0 saturated carbocycles. The largest absolute Gasteiger partial charge is 0.213 e. The number of unbranched alkanes of at least 4 members (excludes halogenated alkanes) is 1. The predicted octanol–water partition coefficient (Wildman–Crippen LogP) is 8.96. The molecule has 3 nitrogen and oxygen atoms in total. The van der Waals surface area contributed by atoms with Crippen LogP contribution < -0.4 is 0 Å². The highest BCUT2D eigenvalue weighted by molar-refractivity contribution is 6.32. The lowest BCUT2D eigenvalue weighted by atomic mass is 9.85. The van der Waals surface area contributed by atoms with Crippen molar-refractivity contribution in [1.82, 2.24) is 15.0 Å². The number of rotatable bonds is 9. The molecule has 0 spiro atoms. The molecule has 1 atom stereocenters. The van der Waals surface area contributed by atoms with Gasteiger partial charge in [-0.05, 0) is 84.4 Å². The normalized spacial score (nSPS) is 12.8. The van der Waals surface area contributed by atoms with Crippen molar-refractivity contribution in [2.75, 3.05) is 0 Å². The van der Waals surface area contributed by atoms with Crippen LogP contribution in [0.3, 0.4) is 0 Å². The summed E-state index contributed by atoms with van der Waals surface area (Å²) in [7, 11) is 0. The van der Waals surface area contributed by atoms with E-state index in [1.54, 1.807) is 0 Å². The molecule has 0 N–H and O–H groups in total. The maximum Gasteiger partial charge on any atom is 0.113 e. The van der Waals surface area contributed by atoms with Crippen LogP contribution in [0.1, 0.15) is 74.6 Å². The molecule has 0 radical (unpaired) electrons. The van der Waals surface area contributed by atoms with Crippen molar-refractivity contribution in [1.29, 1.82) is 0 Å². The summed E-state index contributed by atoms with van der Waals surface area (Å²) in [6.07, 6.45) is 8.71. The highest BCUT2D eigenvalue weighted by Gasteiger charge is 2.17. The van der Waals surface area contributed by atoms with Crippen LogP contribution in [0.2, 0.25) is 5.02 Å². The first-order valence-corrected chi connectivity index (χ1v) is 12.5. The Labute approximate surface area is 207 Å². The van der Waals surface area contributed by atoms with Gasteiger partial charge in [0.05, 0.1) is 11.2 Å². The number of fused-ring (bicyclic) bond motifs is 1. The number of para-hydroxylation sites is 1. The molecule has 0 aliphatic rings. The maximum absolute atomic E-state index is 6.58. The minimum Gasteiger partial charge on any atom is -0.213 e. The van der Waals surface area contributed by atoms with Gasteiger partial charge in [0.1, 0.15) is 5.52 Å².